The Morgan fingerprint density at radius 2 is 2.33 bits per heavy atom. The summed E-state index contributed by atoms with van der Waals surface area (Å²) >= 11 is 0. The molecule has 1 aliphatic heterocycles. The van der Waals surface area contributed by atoms with Gasteiger partial charge in [-0.15, -0.1) is 0 Å². The first kappa shape index (κ1) is 12.7. The van der Waals surface area contributed by atoms with Crippen LogP contribution in [-0.2, 0) is 4.74 Å². The molecular formula is C13H17NO4. The highest BCUT2D eigenvalue weighted by Crippen LogP contribution is 2.33. The highest BCUT2D eigenvalue weighted by atomic mass is 16.6. The number of ether oxygens (including phenoxy) is 2. The van der Waals surface area contributed by atoms with E-state index >= 15 is 0 Å². The molecule has 1 N–H and O–H groups in total. The SMILES string of the molecule is COc1ccc(C)cc1N1C(=O)OCCC1CO. The van der Waals surface area contributed by atoms with Crippen LogP contribution < -0.4 is 9.64 Å². The van der Waals surface area contributed by atoms with Gasteiger partial charge in [-0.05, 0) is 24.6 Å². The third-order valence-electron chi connectivity index (χ3n) is 3.04. The lowest BCUT2D eigenvalue weighted by Crippen LogP contribution is -2.48. The van der Waals surface area contributed by atoms with E-state index in [0.29, 0.717) is 24.5 Å². The molecule has 18 heavy (non-hydrogen) atoms. The normalized spacial score (nSPS) is 19.6. The number of rotatable bonds is 3. The summed E-state index contributed by atoms with van der Waals surface area (Å²) in [5, 5.41) is 9.38. The molecule has 0 saturated carbocycles. The van der Waals surface area contributed by atoms with Crippen LogP contribution in [0.2, 0.25) is 0 Å². The van der Waals surface area contributed by atoms with E-state index < -0.39 is 6.09 Å². The average Bonchev–Trinajstić information content (AvgIpc) is 2.38. The number of anilines is 1. The second-order valence-electron chi connectivity index (χ2n) is 4.28. The number of aryl methyl sites for hydroxylation is 1. The van der Waals surface area contributed by atoms with Gasteiger partial charge in [-0.3, -0.25) is 4.90 Å². The van der Waals surface area contributed by atoms with Gasteiger partial charge in [0.25, 0.3) is 0 Å². The van der Waals surface area contributed by atoms with Crippen molar-refractivity contribution in [3.8, 4) is 5.75 Å². The number of amides is 1. The summed E-state index contributed by atoms with van der Waals surface area (Å²) < 4.78 is 10.3. The number of hydrogen-bond donors (Lipinski definition) is 1. The fourth-order valence-electron chi connectivity index (χ4n) is 2.09. The Labute approximate surface area is 106 Å². The smallest absolute Gasteiger partial charge is 0.414 e. The number of cyclic esters (lactones) is 1. The van der Waals surface area contributed by atoms with Crippen LogP contribution in [0.1, 0.15) is 12.0 Å². The van der Waals surface area contributed by atoms with Crippen molar-refractivity contribution in [3.05, 3.63) is 23.8 Å². The zero-order valence-electron chi connectivity index (χ0n) is 10.5. The molecule has 1 atom stereocenters. The Morgan fingerprint density at radius 3 is 3.00 bits per heavy atom. The highest BCUT2D eigenvalue weighted by molar-refractivity contribution is 5.91. The molecule has 1 unspecified atom stereocenters. The van der Waals surface area contributed by atoms with E-state index in [2.05, 4.69) is 0 Å². The van der Waals surface area contributed by atoms with Gasteiger partial charge in [0.05, 0.1) is 32.1 Å². The molecule has 98 valence electrons. The molecule has 0 spiro atoms. The molecule has 1 aromatic rings. The predicted molar refractivity (Wildman–Crippen MR) is 67.0 cm³/mol. The topological polar surface area (TPSA) is 59.0 Å². The zero-order chi connectivity index (χ0) is 13.1. The summed E-state index contributed by atoms with van der Waals surface area (Å²) in [4.78, 5) is 13.3. The number of hydrogen-bond acceptors (Lipinski definition) is 4. The predicted octanol–water partition coefficient (Wildman–Crippen LogP) is 1.71. The van der Waals surface area contributed by atoms with E-state index in [-0.39, 0.29) is 12.6 Å². The van der Waals surface area contributed by atoms with Crippen LogP contribution in [0.15, 0.2) is 18.2 Å². The lowest BCUT2D eigenvalue weighted by atomic mass is 10.1. The van der Waals surface area contributed by atoms with E-state index in [4.69, 9.17) is 9.47 Å². The van der Waals surface area contributed by atoms with Crippen molar-refractivity contribution in [1.29, 1.82) is 0 Å². The van der Waals surface area contributed by atoms with Gasteiger partial charge in [0.2, 0.25) is 0 Å². The third-order valence-corrected chi connectivity index (χ3v) is 3.04. The zero-order valence-corrected chi connectivity index (χ0v) is 10.5. The van der Waals surface area contributed by atoms with E-state index in [1.54, 1.807) is 13.2 Å². The molecule has 1 heterocycles. The lowest BCUT2D eigenvalue weighted by molar-refractivity contribution is 0.115. The molecule has 5 nitrogen and oxygen atoms in total. The second kappa shape index (κ2) is 5.27. The van der Waals surface area contributed by atoms with Crippen molar-refractivity contribution in [2.45, 2.75) is 19.4 Å². The highest BCUT2D eigenvalue weighted by Gasteiger charge is 2.32. The maximum absolute atomic E-state index is 11.9. The lowest BCUT2D eigenvalue weighted by Gasteiger charge is -2.34. The van der Waals surface area contributed by atoms with Gasteiger partial charge in [0, 0.05) is 6.42 Å². The van der Waals surface area contributed by atoms with Crippen LogP contribution in [0, 0.1) is 6.92 Å². The van der Waals surface area contributed by atoms with Gasteiger partial charge in [-0.2, -0.15) is 0 Å². The van der Waals surface area contributed by atoms with Gasteiger partial charge in [0.1, 0.15) is 5.75 Å². The maximum atomic E-state index is 11.9. The molecule has 0 aliphatic carbocycles. The van der Waals surface area contributed by atoms with E-state index in [0.717, 1.165) is 5.56 Å². The first-order valence-electron chi connectivity index (χ1n) is 5.89. The van der Waals surface area contributed by atoms with Gasteiger partial charge in [-0.1, -0.05) is 6.07 Å². The number of aliphatic hydroxyl groups is 1. The number of nitrogens with zero attached hydrogens (tertiary/aromatic N) is 1. The quantitative estimate of drug-likeness (QED) is 0.888. The minimum absolute atomic E-state index is 0.0911. The fourth-order valence-corrected chi connectivity index (χ4v) is 2.09. The number of benzene rings is 1. The molecule has 5 heteroatoms. The van der Waals surface area contributed by atoms with E-state index in [1.807, 2.05) is 19.1 Å². The Morgan fingerprint density at radius 1 is 1.56 bits per heavy atom. The molecule has 1 aliphatic rings. The van der Waals surface area contributed by atoms with Crippen molar-refractivity contribution in [2.24, 2.45) is 0 Å². The Hall–Kier alpha value is -1.75. The molecule has 0 bridgehead atoms. The maximum Gasteiger partial charge on any atom is 0.414 e. The minimum atomic E-state index is -0.441. The summed E-state index contributed by atoms with van der Waals surface area (Å²) in [6.45, 7) is 2.19. The minimum Gasteiger partial charge on any atom is -0.495 e. The summed E-state index contributed by atoms with van der Waals surface area (Å²) in [6, 6.07) is 5.31. The van der Waals surface area contributed by atoms with Crippen molar-refractivity contribution in [3.63, 3.8) is 0 Å². The molecule has 1 saturated heterocycles. The van der Waals surface area contributed by atoms with Crippen LogP contribution in [0.5, 0.6) is 5.75 Å². The van der Waals surface area contributed by atoms with Crippen molar-refractivity contribution < 1.29 is 19.4 Å². The van der Waals surface area contributed by atoms with Crippen molar-refractivity contribution in [2.75, 3.05) is 25.2 Å². The van der Waals surface area contributed by atoms with Gasteiger partial charge < -0.3 is 14.6 Å². The average molecular weight is 251 g/mol. The summed E-state index contributed by atoms with van der Waals surface area (Å²) in [5.74, 6) is 0.595. The van der Waals surface area contributed by atoms with Gasteiger partial charge >= 0.3 is 6.09 Å². The van der Waals surface area contributed by atoms with Crippen LogP contribution in [0.4, 0.5) is 10.5 Å². The van der Waals surface area contributed by atoms with Crippen molar-refractivity contribution in [1.82, 2.24) is 0 Å². The standard InChI is InChI=1S/C13H17NO4/c1-9-3-4-12(17-2)11(7-9)14-10(8-15)5-6-18-13(14)16/h3-4,7,10,15H,5-6,8H2,1-2H3. The Bertz CT molecular complexity index is 447. The van der Waals surface area contributed by atoms with E-state index in [1.165, 1.54) is 4.90 Å². The second-order valence-corrected chi connectivity index (χ2v) is 4.28. The number of carbonyl (C=O) groups is 1. The third kappa shape index (κ3) is 2.26. The molecule has 2 rings (SSSR count). The molecular weight excluding hydrogens is 234 g/mol. The molecule has 1 amide bonds. The van der Waals surface area contributed by atoms with Crippen LogP contribution in [0.25, 0.3) is 0 Å². The molecule has 1 fully saturated rings. The van der Waals surface area contributed by atoms with Crippen LogP contribution in [-0.4, -0.2) is 37.6 Å². The van der Waals surface area contributed by atoms with Crippen LogP contribution in [0.3, 0.4) is 0 Å². The van der Waals surface area contributed by atoms with Crippen molar-refractivity contribution >= 4 is 11.8 Å². The fraction of sp³-hybridized carbons (Fsp3) is 0.462. The monoisotopic (exact) mass is 251 g/mol. The Kier molecular flexibility index (Phi) is 3.72. The number of aliphatic hydroxyl groups excluding tert-OH is 1. The van der Waals surface area contributed by atoms with Gasteiger partial charge in [-0.25, -0.2) is 4.79 Å². The molecule has 0 aromatic heterocycles. The largest absolute Gasteiger partial charge is 0.495 e. The molecule has 1 aromatic carbocycles. The number of methoxy groups -OCH3 is 1. The first-order chi connectivity index (χ1) is 8.67. The summed E-state index contributed by atoms with van der Waals surface area (Å²) in [6.07, 6.45) is 0.170. The van der Waals surface area contributed by atoms with Gasteiger partial charge in [0.15, 0.2) is 0 Å². The summed E-state index contributed by atoms with van der Waals surface area (Å²) in [5.41, 5.74) is 1.65. The summed E-state index contributed by atoms with van der Waals surface area (Å²) in [7, 11) is 1.55. The van der Waals surface area contributed by atoms with E-state index in [9.17, 15) is 9.90 Å². The Balaban J connectivity index is 2.43. The number of carbonyl (C=O) groups excluding carboxylic acids is 1. The first-order valence-corrected chi connectivity index (χ1v) is 5.89. The van der Waals surface area contributed by atoms with Crippen LogP contribution >= 0.6 is 0 Å². The molecule has 0 radical (unpaired) electrons.